The number of sulfonamides is 1. The molecule has 0 bridgehead atoms. The molecule has 0 spiro atoms. The Morgan fingerprint density at radius 3 is 2.37 bits per heavy atom. The number of hydrogen-bond acceptors (Lipinski definition) is 5. The summed E-state index contributed by atoms with van der Waals surface area (Å²) in [6.07, 6.45) is 1.06. The van der Waals surface area contributed by atoms with Gasteiger partial charge in [0.1, 0.15) is 0 Å². The molecule has 0 aliphatic carbocycles. The highest BCUT2D eigenvalue weighted by Crippen LogP contribution is 2.19. The maximum absolute atomic E-state index is 11.0. The molecule has 2 aromatic rings. The highest BCUT2D eigenvalue weighted by molar-refractivity contribution is 9.10. The van der Waals surface area contributed by atoms with E-state index < -0.39 is 10.0 Å². The first kappa shape index (κ1) is 13.8. The van der Waals surface area contributed by atoms with E-state index in [0.29, 0.717) is 5.82 Å². The van der Waals surface area contributed by atoms with Crippen molar-refractivity contribution in [2.45, 2.75) is 0 Å². The molecule has 8 heteroatoms. The average molecular weight is 343 g/mol. The molecule has 0 unspecified atom stereocenters. The molecule has 1 aromatic heterocycles. The zero-order valence-corrected chi connectivity index (χ0v) is 12.4. The third-order valence-electron chi connectivity index (χ3n) is 2.05. The lowest BCUT2D eigenvalue weighted by Crippen LogP contribution is -2.11. The van der Waals surface area contributed by atoms with Crippen LogP contribution in [0.25, 0.3) is 0 Å². The van der Waals surface area contributed by atoms with E-state index in [1.54, 1.807) is 6.07 Å². The fraction of sp³-hybridized carbons (Fsp3) is 0.0909. The predicted molar refractivity (Wildman–Crippen MR) is 77.9 cm³/mol. The van der Waals surface area contributed by atoms with Crippen molar-refractivity contribution in [3.63, 3.8) is 0 Å². The van der Waals surface area contributed by atoms with Crippen molar-refractivity contribution in [1.82, 2.24) is 10.2 Å². The Hall–Kier alpha value is -1.67. The zero-order valence-electron chi connectivity index (χ0n) is 9.96. The van der Waals surface area contributed by atoms with Gasteiger partial charge in [-0.3, -0.25) is 4.72 Å². The largest absolute Gasteiger partial charge is 0.339 e. The normalized spacial score (nSPS) is 11.1. The van der Waals surface area contributed by atoms with Crippen molar-refractivity contribution in [2.24, 2.45) is 0 Å². The molecule has 0 saturated carbocycles. The van der Waals surface area contributed by atoms with Gasteiger partial charge in [-0.2, -0.15) is 0 Å². The number of anilines is 3. The molecule has 0 aliphatic rings. The Morgan fingerprint density at radius 2 is 1.79 bits per heavy atom. The van der Waals surface area contributed by atoms with Crippen molar-refractivity contribution >= 4 is 43.3 Å². The molecule has 2 N–H and O–H groups in total. The Morgan fingerprint density at radius 1 is 1.11 bits per heavy atom. The molecule has 0 fully saturated rings. The summed E-state index contributed by atoms with van der Waals surface area (Å²) in [5, 5.41) is 10.7. The van der Waals surface area contributed by atoms with Crippen LogP contribution in [0.5, 0.6) is 0 Å². The van der Waals surface area contributed by atoms with Gasteiger partial charge in [0.15, 0.2) is 11.6 Å². The number of nitrogens with one attached hydrogen (secondary N) is 2. The monoisotopic (exact) mass is 342 g/mol. The Kier molecular flexibility index (Phi) is 4.01. The molecule has 0 saturated heterocycles. The average Bonchev–Trinajstić information content (AvgIpc) is 2.30. The number of hydrogen-bond donors (Lipinski definition) is 2. The van der Waals surface area contributed by atoms with E-state index in [9.17, 15) is 8.42 Å². The SMILES string of the molecule is CS(=O)(=O)Nc1ccc(Nc2cccc(Br)c2)nn1. The number of aromatic nitrogens is 2. The van der Waals surface area contributed by atoms with Crippen LogP contribution in [-0.2, 0) is 10.0 Å². The Balaban J connectivity index is 2.11. The second-order valence-electron chi connectivity index (χ2n) is 3.81. The van der Waals surface area contributed by atoms with E-state index in [2.05, 4.69) is 36.2 Å². The number of benzene rings is 1. The van der Waals surface area contributed by atoms with E-state index >= 15 is 0 Å². The Bertz CT molecular complexity index is 673. The van der Waals surface area contributed by atoms with Crippen molar-refractivity contribution in [3.05, 3.63) is 40.9 Å². The van der Waals surface area contributed by atoms with E-state index in [0.717, 1.165) is 16.4 Å². The molecule has 6 nitrogen and oxygen atoms in total. The number of halogens is 1. The molecule has 100 valence electrons. The van der Waals surface area contributed by atoms with Gasteiger partial charge in [0.2, 0.25) is 10.0 Å². The van der Waals surface area contributed by atoms with Crippen LogP contribution in [0.3, 0.4) is 0 Å². The third kappa shape index (κ3) is 4.49. The van der Waals surface area contributed by atoms with E-state index in [-0.39, 0.29) is 5.82 Å². The van der Waals surface area contributed by atoms with Gasteiger partial charge >= 0.3 is 0 Å². The van der Waals surface area contributed by atoms with Crippen LogP contribution in [0.2, 0.25) is 0 Å². The maximum atomic E-state index is 11.0. The van der Waals surface area contributed by atoms with Gasteiger partial charge in [0, 0.05) is 10.2 Å². The van der Waals surface area contributed by atoms with Crippen LogP contribution in [0, 0.1) is 0 Å². The van der Waals surface area contributed by atoms with Crippen LogP contribution in [-0.4, -0.2) is 24.9 Å². The second kappa shape index (κ2) is 5.54. The van der Waals surface area contributed by atoms with Gasteiger partial charge in [-0.25, -0.2) is 8.42 Å². The lowest BCUT2D eigenvalue weighted by atomic mass is 10.3. The van der Waals surface area contributed by atoms with E-state index in [4.69, 9.17) is 0 Å². The minimum atomic E-state index is -3.33. The summed E-state index contributed by atoms with van der Waals surface area (Å²) in [6, 6.07) is 10.8. The van der Waals surface area contributed by atoms with E-state index in [1.807, 2.05) is 24.3 Å². The summed E-state index contributed by atoms with van der Waals surface area (Å²) in [4.78, 5) is 0. The van der Waals surface area contributed by atoms with Crippen LogP contribution in [0.4, 0.5) is 17.3 Å². The molecule has 0 aliphatic heterocycles. The molecule has 19 heavy (non-hydrogen) atoms. The van der Waals surface area contributed by atoms with Gasteiger partial charge in [0.25, 0.3) is 0 Å². The maximum Gasteiger partial charge on any atom is 0.231 e. The van der Waals surface area contributed by atoms with Gasteiger partial charge in [-0.05, 0) is 30.3 Å². The topological polar surface area (TPSA) is 84.0 Å². The third-order valence-corrected chi connectivity index (χ3v) is 3.12. The van der Waals surface area contributed by atoms with Crippen LogP contribution in [0.15, 0.2) is 40.9 Å². The molecule has 1 heterocycles. The molecular formula is C11H11BrN4O2S. The first-order chi connectivity index (χ1) is 8.92. The first-order valence-electron chi connectivity index (χ1n) is 5.26. The quantitative estimate of drug-likeness (QED) is 0.890. The standard InChI is InChI=1S/C11H11BrN4O2S/c1-19(17,18)16-11-6-5-10(14-15-11)13-9-4-2-3-8(12)7-9/h2-7H,1H3,(H,13,14)(H,15,16). The van der Waals surface area contributed by atoms with Crippen molar-refractivity contribution in [1.29, 1.82) is 0 Å². The van der Waals surface area contributed by atoms with Crippen molar-refractivity contribution < 1.29 is 8.42 Å². The molecular weight excluding hydrogens is 332 g/mol. The van der Waals surface area contributed by atoms with Gasteiger partial charge < -0.3 is 5.32 Å². The summed E-state index contributed by atoms with van der Waals surface area (Å²) in [5.74, 6) is 0.708. The van der Waals surface area contributed by atoms with Crippen LogP contribution in [0.1, 0.15) is 0 Å². The molecule has 0 atom stereocenters. The highest BCUT2D eigenvalue weighted by atomic mass is 79.9. The van der Waals surface area contributed by atoms with Crippen molar-refractivity contribution in [3.8, 4) is 0 Å². The summed E-state index contributed by atoms with van der Waals surface area (Å²) in [6.45, 7) is 0. The fourth-order valence-electron chi connectivity index (χ4n) is 1.36. The summed E-state index contributed by atoms with van der Waals surface area (Å²) in [7, 11) is -3.33. The highest BCUT2D eigenvalue weighted by Gasteiger charge is 2.04. The van der Waals surface area contributed by atoms with Gasteiger partial charge in [-0.1, -0.05) is 22.0 Å². The molecule has 0 radical (unpaired) electrons. The van der Waals surface area contributed by atoms with Crippen molar-refractivity contribution in [2.75, 3.05) is 16.3 Å². The smallest absolute Gasteiger partial charge is 0.231 e. The lowest BCUT2D eigenvalue weighted by molar-refractivity contribution is 0.606. The Labute approximate surface area is 119 Å². The van der Waals surface area contributed by atoms with Crippen LogP contribution < -0.4 is 10.0 Å². The molecule has 1 aromatic carbocycles. The van der Waals surface area contributed by atoms with E-state index in [1.165, 1.54) is 6.07 Å². The van der Waals surface area contributed by atoms with Crippen LogP contribution >= 0.6 is 15.9 Å². The first-order valence-corrected chi connectivity index (χ1v) is 7.95. The van der Waals surface area contributed by atoms with Gasteiger partial charge in [0.05, 0.1) is 6.26 Å². The predicted octanol–water partition coefficient (Wildman–Crippen LogP) is 2.35. The molecule has 2 rings (SSSR count). The fourth-order valence-corrected chi connectivity index (χ4v) is 2.25. The minimum absolute atomic E-state index is 0.183. The summed E-state index contributed by atoms with van der Waals surface area (Å²) < 4.78 is 25.2. The number of nitrogens with zero attached hydrogens (tertiary/aromatic N) is 2. The second-order valence-corrected chi connectivity index (χ2v) is 6.48. The zero-order chi connectivity index (χ0) is 13.9. The summed E-state index contributed by atoms with van der Waals surface area (Å²) >= 11 is 3.37. The summed E-state index contributed by atoms with van der Waals surface area (Å²) in [5.41, 5.74) is 0.854. The van der Waals surface area contributed by atoms with Gasteiger partial charge in [-0.15, -0.1) is 10.2 Å². The number of rotatable bonds is 4. The minimum Gasteiger partial charge on any atom is -0.339 e. The molecule has 0 amide bonds. The lowest BCUT2D eigenvalue weighted by Gasteiger charge is -2.06.